The minimum atomic E-state index is -1.50. The zero-order chi connectivity index (χ0) is 29.6. The summed E-state index contributed by atoms with van der Waals surface area (Å²) in [6.45, 7) is 0. The van der Waals surface area contributed by atoms with Gasteiger partial charge in [0, 0.05) is 32.7 Å². The van der Waals surface area contributed by atoms with Crippen LogP contribution in [0.5, 0.6) is 0 Å². The van der Waals surface area contributed by atoms with Crippen molar-refractivity contribution in [3.63, 3.8) is 0 Å². The maximum absolute atomic E-state index is 14.3. The van der Waals surface area contributed by atoms with Crippen LogP contribution in [0.25, 0.3) is 5.57 Å². The van der Waals surface area contributed by atoms with Crippen molar-refractivity contribution in [3.8, 4) is 0 Å². The van der Waals surface area contributed by atoms with Crippen molar-refractivity contribution < 1.29 is 43.5 Å². The summed E-state index contributed by atoms with van der Waals surface area (Å²) in [6.07, 6.45) is 0.0583. The Balaban J connectivity index is 1.66. The minimum Gasteiger partial charge on any atom is -0.481 e. The zero-order valence-corrected chi connectivity index (χ0v) is 23.5. The number of imide groups is 1. The van der Waals surface area contributed by atoms with E-state index in [9.17, 15) is 33.9 Å². The van der Waals surface area contributed by atoms with E-state index >= 15 is 0 Å². The predicted octanol–water partition coefficient (Wildman–Crippen LogP) is 1.17. The highest BCUT2D eigenvalue weighted by Gasteiger charge is 2.77. The summed E-state index contributed by atoms with van der Waals surface area (Å²) in [5.74, 6) is -5.70. The van der Waals surface area contributed by atoms with Crippen LogP contribution in [0, 0.1) is 0 Å². The smallest absolute Gasteiger partial charge is 0.391 e. The fourth-order valence-electron chi connectivity index (χ4n) is 5.18. The molecule has 16 heteroatoms. The number of carboxylic acid groups (broad SMARTS) is 2. The standard InChI is InChI=1S/C25H24N6O8S2/c1-29(2)25-27-26-20(41-25)14-11-40-23-17-22(37)31(23,18(14)24(38)39)21(36)13-8-4-3-7-12(13)19(35)28-30(17)15(32)9-5-6-10-16(33)34/h3-4,7-8,17,23H,5-6,9-11H2,1-2H3,(H2-,28,33,34,35,38,39)/p+1/t17?,23-,31?/m0/s1. The maximum atomic E-state index is 14.3. The van der Waals surface area contributed by atoms with Crippen LogP contribution in [0.3, 0.4) is 0 Å². The van der Waals surface area contributed by atoms with E-state index in [1.807, 2.05) is 0 Å². The van der Waals surface area contributed by atoms with E-state index in [2.05, 4.69) is 15.6 Å². The van der Waals surface area contributed by atoms with Crippen LogP contribution in [0.2, 0.25) is 0 Å². The molecule has 4 aliphatic rings. The molecule has 6 rings (SSSR count). The molecule has 1 aromatic carbocycles. The summed E-state index contributed by atoms with van der Waals surface area (Å²) in [4.78, 5) is 80.6. The van der Waals surface area contributed by atoms with Crippen molar-refractivity contribution in [2.75, 3.05) is 24.7 Å². The first-order valence-corrected chi connectivity index (χ1v) is 14.4. The van der Waals surface area contributed by atoms with Gasteiger partial charge in [0.25, 0.3) is 5.91 Å². The molecule has 0 saturated carbocycles. The van der Waals surface area contributed by atoms with Crippen molar-refractivity contribution in [2.24, 2.45) is 0 Å². The second-order valence-electron chi connectivity index (χ2n) is 9.78. The third-order valence-electron chi connectivity index (χ3n) is 7.07. The van der Waals surface area contributed by atoms with E-state index in [-0.39, 0.29) is 53.1 Å². The first-order chi connectivity index (χ1) is 19.5. The molecule has 5 heterocycles. The van der Waals surface area contributed by atoms with E-state index in [0.717, 1.165) is 28.1 Å². The van der Waals surface area contributed by atoms with Gasteiger partial charge in [0.2, 0.25) is 22.8 Å². The Morgan fingerprint density at radius 2 is 1.76 bits per heavy atom. The lowest BCUT2D eigenvalue weighted by Crippen LogP contribution is -2.84. The number of carbonyl (C=O) groups excluding carboxylic acids is 4. The molecular formula is C25H25N6O8S2+. The number of nitrogens with one attached hydrogen (secondary N) is 1. The number of benzene rings is 1. The Morgan fingerprint density at radius 1 is 1.07 bits per heavy atom. The highest BCUT2D eigenvalue weighted by molar-refractivity contribution is 8.00. The molecule has 41 heavy (non-hydrogen) atoms. The molecular weight excluding hydrogens is 576 g/mol. The SMILES string of the molecule is CN(C)c1nnc(C2=C(C(=O)O)[N+]34C(=O)c5ccccc5C(=O)NN(C(=O)CCCCC(=O)O)C(C3=O)[C@@H]4SC2)s1. The zero-order valence-electron chi connectivity index (χ0n) is 21.9. The molecule has 1 spiro atoms. The largest absolute Gasteiger partial charge is 0.481 e. The normalized spacial score (nSPS) is 23.4. The number of aromatic nitrogens is 2. The third-order valence-corrected chi connectivity index (χ3v) is 9.59. The number of fused-ring (bicyclic) bond motifs is 2. The number of aliphatic carboxylic acids is 2. The number of thioether (sulfide) groups is 1. The third kappa shape index (κ3) is 4.47. The summed E-state index contributed by atoms with van der Waals surface area (Å²) >= 11 is 2.23. The lowest BCUT2D eigenvalue weighted by Gasteiger charge is -2.54. The number of carbonyl (C=O) groups is 6. The number of carboxylic acids is 2. The van der Waals surface area contributed by atoms with Crippen LogP contribution in [0.1, 0.15) is 51.4 Å². The summed E-state index contributed by atoms with van der Waals surface area (Å²) in [6, 6.07) is 4.37. The number of hydrogen-bond donors (Lipinski definition) is 3. The van der Waals surface area contributed by atoms with Gasteiger partial charge >= 0.3 is 23.8 Å². The molecule has 1 saturated heterocycles. The number of amides is 4. The molecule has 2 aromatic rings. The van der Waals surface area contributed by atoms with Gasteiger partial charge in [0.15, 0.2) is 10.4 Å². The van der Waals surface area contributed by atoms with Crippen molar-refractivity contribution in [2.45, 2.75) is 37.1 Å². The molecule has 1 aromatic heterocycles. The quantitative estimate of drug-likeness (QED) is 0.170. The van der Waals surface area contributed by atoms with E-state index in [0.29, 0.717) is 5.13 Å². The molecule has 2 bridgehead atoms. The fourth-order valence-corrected chi connectivity index (χ4v) is 7.64. The number of quaternary nitrogens is 1. The lowest BCUT2D eigenvalue weighted by atomic mass is 9.92. The molecule has 0 aliphatic carbocycles. The molecule has 4 amide bonds. The number of rotatable bonds is 8. The van der Waals surface area contributed by atoms with Gasteiger partial charge in [-0.2, -0.15) is 0 Å². The van der Waals surface area contributed by atoms with Crippen molar-refractivity contribution >= 4 is 69.4 Å². The van der Waals surface area contributed by atoms with Crippen LogP contribution in [0.15, 0.2) is 30.0 Å². The molecule has 3 N–H and O–H groups in total. The highest BCUT2D eigenvalue weighted by Crippen LogP contribution is 2.53. The van der Waals surface area contributed by atoms with Crippen molar-refractivity contribution in [3.05, 3.63) is 46.1 Å². The van der Waals surface area contributed by atoms with Gasteiger partial charge in [-0.1, -0.05) is 35.2 Å². The molecule has 4 aliphatic heterocycles. The fraction of sp³-hybridized carbons (Fsp3) is 0.360. The first kappa shape index (κ1) is 28.4. The molecule has 1 fully saturated rings. The number of hydrazine groups is 1. The van der Waals surface area contributed by atoms with Gasteiger partial charge in [0.05, 0.1) is 16.7 Å². The Bertz CT molecular complexity index is 1540. The van der Waals surface area contributed by atoms with Crippen molar-refractivity contribution in [1.29, 1.82) is 0 Å². The van der Waals surface area contributed by atoms with E-state index < -0.39 is 57.2 Å². The Labute approximate surface area is 241 Å². The molecule has 0 radical (unpaired) electrons. The monoisotopic (exact) mass is 601 g/mol. The summed E-state index contributed by atoms with van der Waals surface area (Å²) in [5, 5.41) is 28.1. The number of β-lactam (4-membered cyclic amide) rings is 1. The first-order valence-electron chi connectivity index (χ1n) is 12.5. The van der Waals surface area contributed by atoms with Crippen LogP contribution in [-0.4, -0.2) is 96.7 Å². The maximum Gasteiger partial charge on any atom is 0.391 e. The molecule has 14 nitrogen and oxygen atoms in total. The van der Waals surface area contributed by atoms with Gasteiger partial charge < -0.3 is 15.1 Å². The van der Waals surface area contributed by atoms with Crippen LogP contribution in [0.4, 0.5) is 5.13 Å². The Morgan fingerprint density at radius 3 is 2.39 bits per heavy atom. The lowest BCUT2D eigenvalue weighted by molar-refractivity contribution is -0.776. The summed E-state index contributed by atoms with van der Waals surface area (Å²) in [7, 11) is 3.49. The summed E-state index contributed by atoms with van der Waals surface area (Å²) in [5.41, 5.74) is 1.86. The van der Waals surface area contributed by atoms with E-state index in [4.69, 9.17) is 5.11 Å². The van der Waals surface area contributed by atoms with Gasteiger partial charge in [-0.25, -0.2) is 19.4 Å². The van der Waals surface area contributed by atoms with Crippen LogP contribution < -0.4 is 10.3 Å². The van der Waals surface area contributed by atoms with Crippen LogP contribution >= 0.6 is 23.1 Å². The molecule has 214 valence electrons. The van der Waals surface area contributed by atoms with Gasteiger partial charge in [0.1, 0.15) is 0 Å². The Hall–Kier alpha value is -4.15. The van der Waals surface area contributed by atoms with E-state index in [1.165, 1.54) is 24.3 Å². The minimum absolute atomic E-state index is 0.0572. The predicted molar refractivity (Wildman–Crippen MR) is 145 cm³/mol. The summed E-state index contributed by atoms with van der Waals surface area (Å²) < 4.78 is -1.23. The average molecular weight is 602 g/mol. The van der Waals surface area contributed by atoms with Gasteiger partial charge in [-0.15, -0.1) is 14.7 Å². The number of unbranched alkanes of at least 4 members (excludes halogenated alkanes) is 1. The molecule has 3 atom stereocenters. The molecule has 2 unspecified atom stereocenters. The highest BCUT2D eigenvalue weighted by atomic mass is 32.2. The topological polar surface area (TPSA) is 187 Å². The number of anilines is 1. The van der Waals surface area contributed by atoms with Crippen LogP contribution in [-0.2, 0) is 19.2 Å². The van der Waals surface area contributed by atoms with Crippen molar-refractivity contribution in [1.82, 2.24) is 20.6 Å². The van der Waals surface area contributed by atoms with Gasteiger partial charge in [-0.3, -0.25) is 19.8 Å². The van der Waals surface area contributed by atoms with E-state index in [1.54, 1.807) is 19.0 Å². The number of hydrogen-bond acceptors (Lipinski definition) is 11. The second kappa shape index (κ2) is 10.7. The second-order valence-corrected chi connectivity index (χ2v) is 11.8. The average Bonchev–Trinajstić information content (AvgIpc) is 3.44. The van der Waals surface area contributed by atoms with Gasteiger partial charge in [-0.05, 0) is 25.0 Å². The Kier molecular flexibility index (Phi) is 7.39. The number of nitrogens with zero attached hydrogens (tertiary/aromatic N) is 5.